The smallest absolute Gasteiger partial charge is 0.149 e. The molecule has 0 bridgehead atoms. The van der Waals surface area contributed by atoms with E-state index in [1.807, 2.05) is 42.5 Å². The van der Waals surface area contributed by atoms with Crippen LogP contribution in [0.3, 0.4) is 0 Å². The van der Waals surface area contributed by atoms with Crippen LogP contribution >= 0.6 is 0 Å². The first-order valence-corrected chi connectivity index (χ1v) is 5.70. The molecule has 0 amide bonds. The second-order valence-electron chi connectivity index (χ2n) is 4.38. The van der Waals surface area contributed by atoms with E-state index in [9.17, 15) is 5.11 Å². The molecule has 0 heterocycles. The molecular weight excluding hydrogens is 222 g/mol. The van der Waals surface area contributed by atoms with Crippen LogP contribution in [-0.2, 0) is 5.60 Å². The maximum atomic E-state index is 10.1. The van der Waals surface area contributed by atoms with E-state index in [-0.39, 0.29) is 0 Å². The number of terminal acetylenes is 1. The molecule has 18 heavy (non-hydrogen) atoms. The molecule has 0 aliphatic carbocycles. The van der Waals surface area contributed by atoms with E-state index in [0.717, 1.165) is 11.1 Å². The van der Waals surface area contributed by atoms with Crippen molar-refractivity contribution >= 4 is 5.69 Å². The minimum absolute atomic E-state index is 0.498. The number of anilines is 1. The molecule has 90 valence electrons. The van der Waals surface area contributed by atoms with Crippen LogP contribution in [0.15, 0.2) is 48.5 Å². The molecule has 0 aromatic heterocycles. The normalized spacial score (nSPS) is 13.6. The topological polar surface area (TPSA) is 46.2 Å². The van der Waals surface area contributed by atoms with Gasteiger partial charge in [-0.1, -0.05) is 42.3 Å². The van der Waals surface area contributed by atoms with Crippen molar-refractivity contribution in [2.24, 2.45) is 0 Å². The number of benzene rings is 2. The quantitative estimate of drug-likeness (QED) is 0.623. The van der Waals surface area contributed by atoms with Crippen molar-refractivity contribution < 1.29 is 5.11 Å². The lowest BCUT2D eigenvalue weighted by atomic mass is 9.92. The molecule has 1 atom stereocenters. The summed E-state index contributed by atoms with van der Waals surface area (Å²) in [6.45, 7) is 1.56. The Kier molecular flexibility index (Phi) is 3.10. The Labute approximate surface area is 107 Å². The van der Waals surface area contributed by atoms with Gasteiger partial charge in [0.15, 0.2) is 0 Å². The molecule has 0 saturated heterocycles. The van der Waals surface area contributed by atoms with E-state index in [2.05, 4.69) is 5.92 Å². The van der Waals surface area contributed by atoms with Crippen LogP contribution in [0.4, 0.5) is 5.69 Å². The van der Waals surface area contributed by atoms with Gasteiger partial charge in [0.1, 0.15) is 5.60 Å². The molecule has 0 saturated carbocycles. The fourth-order valence-corrected chi connectivity index (χ4v) is 1.87. The van der Waals surface area contributed by atoms with Crippen molar-refractivity contribution in [3.05, 3.63) is 54.1 Å². The van der Waals surface area contributed by atoms with E-state index in [4.69, 9.17) is 12.2 Å². The second-order valence-corrected chi connectivity index (χ2v) is 4.38. The molecule has 0 aliphatic rings. The van der Waals surface area contributed by atoms with Crippen LogP contribution in [0.25, 0.3) is 11.1 Å². The average Bonchev–Trinajstić information content (AvgIpc) is 2.40. The molecule has 2 aromatic rings. The molecule has 2 aromatic carbocycles. The fraction of sp³-hybridized carbons (Fsp3) is 0.125. The summed E-state index contributed by atoms with van der Waals surface area (Å²) in [7, 11) is 0. The lowest BCUT2D eigenvalue weighted by Crippen LogP contribution is -2.20. The first-order valence-electron chi connectivity index (χ1n) is 5.70. The van der Waals surface area contributed by atoms with Gasteiger partial charge in [-0.25, -0.2) is 0 Å². The second kappa shape index (κ2) is 4.56. The minimum Gasteiger partial charge on any atom is -0.398 e. The third-order valence-corrected chi connectivity index (χ3v) is 2.97. The molecule has 0 fully saturated rings. The van der Waals surface area contributed by atoms with Crippen molar-refractivity contribution in [2.45, 2.75) is 12.5 Å². The summed E-state index contributed by atoms with van der Waals surface area (Å²) in [4.78, 5) is 0. The number of nitrogens with two attached hydrogens (primary N) is 1. The highest BCUT2D eigenvalue weighted by Gasteiger charge is 2.22. The highest BCUT2D eigenvalue weighted by Crippen LogP contribution is 2.30. The minimum atomic E-state index is -1.35. The van der Waals surface area contributed by atoms with Crippen molar-refractivity contribution in [1.29, 1.82) is 0 Å². The molecule has 0 radical (unpaired) electrons. The van der Waals surface area contributed by atoms with E-state index in [1.54, 1.807) is 13.0 Å². The van der Waals surface area contributed by atoms with E-state index < -0.39 is 5.60 Å². The van der Waals surface area contributed by atoms with Crippen LogP contribution < -0.4 is 5.73 Å². The average molecular weight is 237 g/mol. The molecular formula is C16H15NO. The first kappa shape index (κ1) is 12.2. The largest absolute Gasteiger partial charge is 0.398 e. The molecule has 1 unspecified atom stereocenters. The summed E-state index contributed by atoms with van der Waals surface area (Å²) >= 11 is 0. The summed E-state index contributed by atoms with van der Waals surface area (Å²) in [5, 5.41) is 10.1. The highest BCUT2D eigenvalue weighted by atomic mass is 16.3. The number of nitrogen functional groups attached to an aromatic ring is 1. The van der Waals surface area contributed by atoms with Crippen molar-refractivity contribution in [3.8, 4) is 23.5 Å². The zero-order chi connectivity index (χ0) is 13.2. The zero-order valence-electron chi connectivity index (χ0n) is 10.2. The number of rotatable bonds is 2. The third-order valence-electron chi connectivity index (χ3n) is 2.97. The number of hydrogen-bond acceptors (Lipinski definition) is 2. The maximum absolute atomic E-state index is 10.1. The predicted octanol–water partition coefficient (Wildman–Crippen LogP) is 2.78. The van der Waals surface area contributed by atoms with Crippen LogP contribution in [0.5, 0.6) is 0 Å². The summed E-state index contributed by atoms with van der Waals surface area (Å²) < 4.78 is 0. The number of hydrogen-bond donors (Lipinski definition) is 2. The summed E-state index contributed by atoms with van der Waals surface area (Å²) in [5.74, 6) is 2.35. The van der Waals surface area contributed by atoms with E-state index in [0.29, 0.717) is 11.3 Å². The van der Waals surface area contributed by atoms with Crippen LogP contribution in [0.2, 0.25) is 0 Å². The Morgan fingerprint density at radius 1 is 1.11 bits per heavy atom. The standard InChI is InChI=1S/C16H15NO/c1-3-16(2,18)14-11-13(9-10-15(14)17)12-7-5-4-6-8-12/h1,4-11,18H,17H2,2H3. The van der Waals surface area contributed by atoms with E-state index in [1.165, 1.54) is 0 Å². The van der Waals surface area contributed by atoms with Gasteiger partial charge in [0.25, 0.3) is 0 Å². The molecule has 2 rings (SSSR count). The van der Waals surface area contributed by atoms with Gasteiger partial charge in [-0.3, -0.25) is 0 Å². The molecule has 0 spiro atoms. The zero-order valence-corrected chi connectivity index (χ0v) is 10.2. The summed E-state index contributed by atoms with van der Waals surface area (Å²) in [6, 6.07) is 15.4. The summed E-state index contributed by atoms with van der Waals surface area (Å²) in [6.07, 6.45) is 5.34. The van der Waals surface area contributed by atoms with Crippen molar-refractivity contribution in [1.82, 2.24) is 0 Å². The monoisotopic (exact) mass is 237 g/mol. The fourth-order valence-electron chi connectivity index (χ4n) is 1.87. The van der Waals surface area contributed by atoms with Gasteiger partial charge in [-0.2, -0.15) is 0 Å². The molecule has 2 nitrogen and oxygen atoms in total. The van der Waals surface area contributed by atoms with Crippen LogP contribution in [0.1, 0.15) is 12.5 Å². The van der Waals surface area contributed by atoms with Crippen molar-refractivity contribution in [2.75, 3.05) is 5.73 Å². The number of aliphatic hydroxyl groups is 1. The molecule has 0 aliphatic heterocycles. The van der Waals surface area contributed by atoms with Gasteiger partial charge < -0.3 is 10.8 Å². The van der Waals surface area contributed by atoms with Crippen LogP contribution in [-0.4, -0.2) is 5.11 Å². The van der Waals surface area contributed by atoms with Gasteiger partial charge >= 0.3 is 0 Å². The van der Waals surface area contributed by atoms with Gasteiger partial charge in [0.2, 0.25) is 0 Å². The Morgan fingerprint density at radius 3 is 2.39 bits per heavy atom. The van der Waals surface area contributed by atoms with Gasteiger partial charge in [-0.05, 0) is 30.2 Å². The van der Waals surface area contributed by atoms with Crippen molar-refractivity contribution in [3.63, 3.8) is 0 Å². The Hall–Kier alpha value is -2.24. The Morgan fingerprint density at radius 2 is 1.78 bits per heavy atom. The van der Waals surface area contributed by atoms with Gasteiger partial charge in [-0.15, -0.1) is 6.42 Å². The predicted molar refractivity (Wildman–Crippen MR) is 74.7 cm³/mol. The van der Waals surface area contributed by atoms with Crippen LogP contribution in [0, 0.1) is 12.3 Å². The molecule has 2 heteroatoms. The highest BCUT2D eigenvalue weighted by molar-refractivity contribution is 5.69. The Bertz CT molecular complexity index is 594. The Balaban J connectivity index is 2.56. The maximum Gasteiger partial charge on any atom is 0.149 e. The lowest BCUT2D eigenvalue weighted by molar-refractivity contribution is 0.123. The van der Waals surface area contributed by atoms with E-state index >= 15 is 0 Å². The first-order chi connectivity index (χ1) is 8.54. The SMILES string of the molecule is C#CC(C)(O)c1cc(-c2ccccc2)ccc1N. The van der Waals surface area contributed by atoms with Gasteiger partial charge in [0, 0.05) is 11.3 Å². The van der Waals surface area contributed by atoms with Gasteiger partial charge in [0.05, 0.1) is 0 Å². The lowest BCUT2D eigenvalue weighted by Gasteiger charge is -2.20. The third kappa shape index (κ3) is 2.22. The summed E-state index contributed by atoms with van der Waals surface area (Å²) in [5.41, 5.74) is 7.62. The molecule has 3 N–H and O–H groups in total.